The number of nitrogens with one attached hydrogen (secondary N) is 1. The van der Waals surface area contributed by atoms with Crippen LogP contribution in [0.15, 0.2) is 66.7 Å². The van der Waals surface area contributed by atoms with Crippen molar-refractivity contribution in [2.45, 2.75) is 32.1 Å². The summed E-state index contributed by atoms with van der Waals surface area (Å²) in [6.07, 6.45) is 2.03. The van der Waals surface area contributed by atoms with Gasteiger partial charge in [0.2, 0.25) is 5.91 Å². The van der Waals surface area contributed by atoms with Gasteiger partial charge >= 0.3 is 0 Å². The number of benzene rings is 3. The Kier molecular flexibility index (Phi) is 8.46. The highest BCUT2D eigenvalue weighted by Gasteiger charge is 2.25. The first-order valence-electron chi connectivity index (χ1n) is 12.9. The number of anilines is 1. The van der Waals surface area contributed by atoms with Crippen LogP contribution in [-0.4, -0.2) is 61.8 Å². The maximum absolute atomic E-state index is 13.1. The third-order valence-electron chi connectivity index (χ3n) is 7.03. The van der Waals surface area contributed by atoms with Crippen LogP contribution in [0.5, 0.6) is 5.75 Å². The molecule has 38 heavy (non-hydrogen) atoms. The molecule has 0 saturated carbocycles. The molecule has 1 heterocycles. The number of hydrogen-bond acceptors (Lipinski definition) is 4. The van der Waals surface area contributed by atoms with Gasteiger partial charge in [0.05, 0.1) is 13.5 Å². The molecule has 3 aromatic carbocycles. The zero-order valence-corrected chi connectivity index (χ0v) is 22.5. The molecule has 4 rings (SSSR count). The molecular weight excluding hydrogens is 478 g/mol. The van der Waals surface area contributed by atoms with E-state index in [1.807, 2.05) is 42.2 Å². The van der Waals surface area contributed by atoms with E-state index in [-0.39, 0.29) is 17.7 Å². The van der Waals surface area contributed by atoms with Gasteiger partial charge in [0.25, 0.3) is 11.8 Å². The summed E-state index contributed by atoms with van der Waals surface area (Å²) < 4.78 is 5.29. The normalized spacial score (nSPS) is 13.6. The third-order valence-corrected chi connectivity index (χ3v) is 7.03. The van der Waals surface area contributed by atoms with Crippen molar-refractivity contribution in [2.24, 2.45) is 0 Å². The van der Waals surface area contributed by atoms with Crippen molar-refractivity contribution < 1.29 is 19.1 Å². The van der Waals surface area contributed by atoms with Gasteiger partial charge in [-0.2, -0.15) is 0 Å². The number of likely N-dealkylation sites (tertiary alicyclic amines) is 1. The zero-order chi connectivity index (χ0) is 27.2. The minimum absolute atomic E-state index is 0.0398. The van der Waals surface area contributed by atoms with Crippen molar-refractivity contribution in [1.82, 2.24) is 9.80 Å². The Morgan fingerprint density at radius 2 is 1.63 bits per heavy atom. The summed E-state index contributed by atoms with van der Waals surface area (Å²) in [5.41, 5.74) is 4.98. The molecule has 0 radical (unpaired) electrons. The van der Waals surface area contributed by atoms with E-state index in [4.69, 9.17) is 4.74 Å². The van der Waals surface area contributed by atoms with Gasteiger partial charge in [-0.25, -0.2) is 0 Å². The maximum Gasteiger partial charge on any atom is 0.253 e. The molecular formula is C31H35N3O4. The van der Waals surface area contributed by atoms with Gasteiger partial charge in [0.1, 0.15) is 5.75 Å². The highest BCUT2D eigenvalue weighted by atomic mass is 16.5. The zero-order valence-electron chi connectivity index (χ0n) is 22.5. The Morgan fingerprint density at radius 3 is 2.26 bits per heavy atom. The average molecular weight is 514 g/mol. The van der Waals surface area contributed by atoms with Gasteiger partial charge in [-0.1, -0.05) is 30.3 Å². The van der Waals surface area contributed by atoms with E-state index in [0.29, 0.717) is 36.6 Å². The van der Waals surface area contributed by atoms with Crippen molar-refractivity contribution in [1.29, 1.82) is 0 Å². The van der Waals surface area contributed by atoms with E-state index in [1.54, 1.807) is 45.5 Å². The Labute approximate surface area is 224 Å². The smallest absolute Gasteiger partial charge is 0.253 e. The van der Waals surface area contributed by atoms with Crippen LogP contribution in [0.25, 0.3) is 0 Å². The van der Waals surface area contributed by atoms with E-state index >= 15 is 0 Å². The van der Waals surface area contributed by atoms with Gasteiger partial charge in [0.15, 0.2) is 0 Å². The maximum atomic E-state index is 13.1. The second-order valence-corrected chi connectivity index (χ2v) is 10.00. The standard InChI is InChI=1S/C31H35N3O4/c1-21-18-22(8-13-28(21)38-4)19-29(35)32-27-11-9-23(10-12-27)24-14-16-34(17-15-24)31(37)26-7-5-6-25(20-26)30(36)33(2)3/h5-13,18,20,24H,14-17,19H2,1-4H3,(H,32,35). The summed E-state index contributed by atoms with van der Waals surface area (Å²) in [6.45, 7) is 3.29. The quantitative estimate of drug-likeness (QED) is 0.487. The molecule has 0 atom stereocenters. The Hall–Kier alpha value is -4.13. The average Bonchev–Trinajstić information content (AvgIpc) is 2.93. The van der Waals surface area contributed by atoms with Crippen molar-refractivity contribution in [3.63, 3.8) is 0 Å². The van der Waals surface area contributed by atoms with Crippen molar-refractivity contribution >= 4 is 23.4 Å². The summed E-state index contributed by atoms with van der Waals surface area (Å²) in [6, 6.07) is 20.7. The Balaban J connectivity index is 1.30. The molecule has 0 bridgehead atoms. The van der Waals surface area contributed by atoms with Crippen LogP contribution in [0.3, 0.4) is 0 Å². The predicted octanol–water partition coefficient (Wildman–Crippen LogP) is 4.91. The monoisotopic (exact) mass is 513 g/mol. The molecule has 1 N–H and O–H groups in total. The van der Waals surface area contributed by atoms with Gasteiger partial charge in [-0.05, 0) is 78.8 Å². The number of methoxy groups -OCH3 is 1. The summed E-state index contributed by atoms with van der Waals surface area (Å²) in [5, 5.41) is 2.98. The van der Waals surface area contributed by atoms with Crippen LogP contribution < -0.4 is 10.1 Å². The third kappa shape index (κ3) is 6.40. The van der Waals surface area contributed by atoms with Crippen LogP contribution >= 0.6 is 0 Å². The first kappa shape index (κ1) is 26.9. The summed E-state index contributed by atoms with van der Waals surface area (Å²) in [5.74, 6) is 0.944. The van der Waals surface area contributed by atoms with Crippen LogP contribution in [0.1, 0.15) is 56.2 Å². The minimum atomic E-state index is -0.117. The first-order chi connectivity index (χ1) is 18.2. The fraction of sp³-hybridized carbons (Fsp3) is 0.323. The number of amides is 3. The highest BCUT2D eigenvalue weighted by Crippen LogP contribution is 2.30. The predicted molar refractivity (Wildman–Crippen MR) is 149 cm³/mol. The summed E-state index contributed by atoms with van der Waals surface area (Å²) >= 11 is 0. The van der Waals surface area contributed by atoms with Crippen molar-refractivity contribution in [3.8, 4) is 5.75 Å². The molecule has 198 valence electrons. The second-order valence-electron chi connectivity index (χ2n) is 10.00. The number of aryl methyl sites for hydroxylation is 1. The lowest BCUT2D eigenvalue weighted by molar-refractivity contribution is -0.115. The second kappa shape index (κ2) is 11.9. The fourth-order valence-electron chi connectivity index (χ4n) is 4.92. The molecule has 7 nitrogen and oxygen atoms in total. The number of piperidine rings is 1. The molecule has 0 aromatic heterocycles. The number of nitrogens with zero attached hydrogens (tertiary/aromatic N) is 2. The molecule has 1 aliphatic rings. The number of carbonyl (C=O) groups is 3. The van der Waals surface area contributed by atoms with E-state index in [1.165, 1.54) is 10.5 Å². The number of hydrogen-bond donors (Lipinski definition) is 1. The van der Waals surface area contributed by atoms with Gasteiger partial charge in [0, 0.05) is 44.0 Å². The van der Waals surface area contributed by atoms with Crippen molar-refractivity contribution in [3.05, 3.63) is 94.5 Å². The van der Waals surface area contributed by atoms with Gasteiger partial charge < -0.3 is 19.9 Å². The lowest BCUT2D eigenvalue weighted by atomic mass is 9.89. The van der Waals surface area contributed by atoms with E-state index in [9.17, 15) is 14.4 Å². The van der Waals surface area contributed by atoms with Gasteiger partial charge in [-0.3, -0.25) is 14.4 Å². The molecule has 1 aliphatic heterocycles. The number of ether oxygens (including phenoxy) is 1. The van der Waals surface area contributed by atoms with E-state index in [0.717, 1.165) is 35.4 Å². The van der Waals surface area contributed by atoms with E-state index in [2.05, 4.69) is 17.4 Å². The van der Waals surface area contributed by atoms with E-state index < -0.39 is 0 Å². The molecule has 0 unspecified atom stereocenters. The van der Waals surface area contributed by atoms with Crippen molar-refractivity contribution in [2.75, 3.05) is 39.6 Å². The molecule has 7 heteroatoms. The topological polar surface area (TPSA) is 79.0 Å². The van der Waals surface area contributed by atoms with Crippen LogP contribution in [0, 0.1) is 6.92 Å². The minimum Gasteiger partial charge on any atom is -0.496 e. The molecule has 3 aromatic rings. The van der Waals surface area contributed by atoms with Crippen LogP contribution in [-0.2, 0) is 11.2 Å². The Bertz CT molecular complexity index is 1310. The van der Waals surface area contributed by atoms with Crippen LogP contribution in [0.2, 0.25) is 0 Å². The lowest BCUT2D eigenvalue weighted by Crippen LogP contribution is -2.38. The molecule has 1 fully saturated rings. The molecule has 3 amide bonds. The highest BCUT2D eigenvalue weighted by molar-refractivity contribution is 5.99. The lowest BCUT2D eigenvalue weighted by Gasteiger charge is -2.32. The fourth-order valence-corrected chi connectivity index (χ4v) is 4.92. The first-order valence-corrected chi connectivity index (χ1v) is 12.9. The largest absolute Gasteiger partial charge is 0.496 e. The number of carbonyl (C=O) groups excluding carboxylic acids is 3. The molecule has 0 aliphatic carbocycles. The SMILES string of the molecule is COc1ccc(CC(=O)Nc2ccc(C3CCN(C(=O)c4cccc(C(=O)N(C)C)c4)CC3)cc2)cc1C. The van der Waals surface area contributed by atoms with Crippen LogP contribution in [0.4, 0.5) is 5.69 Å². The summed E-state index contributed by atoms with van der Waals surface area (Å²) in [4.78, 5) is 41.3. The molecule has 0 spiro atoms. The number of rotatable bonds is 7. The summed E-state index contributed by atoms with van der Waals surface area (Å²) in [7, 11) is 5.04. The molecule has 1 saturated heterocycles. The van der Waals surface area contributed by atoms with Gasteiger partial charge in [-0.15, -0.1) is 0 Å². The Morgan fingerprint density at radius 1 is 0.947 bits per heavy atom.